The number of benzene rings is 1. The quantitative estimate of drug-likeness (QED) is 0.0636. The zero-order valence-electron chi connectivity index (χ0n) is 19.5. The monoisotopic (exact) mass is 508 g/mol. The van der Waals surface area contributed by atoms with Crippen LogP contribution in [0.25, 0.3) is 0 Å². The van der Waals surface area contributed by atoms with Crippen molar-refractivity contribution in [3.63, 3.8) is 0 Å². The van der Waals surface area contributed by atoms with Crippen LogP contribution in [-0.2, 0) is 30.4 Å². The van der Waals surface area contributed by atoms with E-state index in [9.17, 15) is 34.2 Å². The Morgan fingerprint density at radius 1 is 0.889 bits per heavy atom. The number of nitrogens with zero attached hydrogens (tertiary/aromatic N) is 1. The number of amides is 4. The normalized spacial score (nSPS) is 12.9. The van der Waals surface area contributed by atoms with Gasteiger partial charge < -0.3 is 49.1 Å². The maximum absolute atomic E-state index is 13.0. The lowest BCUT2D eigenvalue weighted by atomic mass is 10.0. The number of aliphatic imine (C=N–C) groups is 1. The predicted molar refractivity (Wildman–Crippen MR) is 128 cm³/mol. The van der Waals surface area contributed by atoms with Gasteiger partial charge in [-0.25, -0.2) is 4.79 Å². The molecule has 1 rings (SSSR count). The molecule has 1 aromatic carbocycles. The molecular weight excluding hydrogens is 476 g/mol. The number of guanidine groups is 1. The molecule has 0 radical (unpaired) electrons. The first kappa shape index (κ1) is 29.6. The van der Waals surface area contributed by atoms with Crippen LogP contribution in [0.5, 0.6) is 5.75 Å². The molecule has 36 heavy (non-hydrogen) atoms. The van der Waals surface area contributed by atoms with Crippen LogP contribution in [0.1, 0.15) is 24.8 Å². The number of aliphatic carboxylic acids is 1. The highest BCUT2D eigenvalue weighted by atomic mass is 16.4. The van der Waals surface area contributed by atoms with E-state index in [-0.39, 0.29) is 37.5 Å². The number of carbonyl (C=O) groups is 5. The largest absolute Gasteiger partial charge is 0.508 e. The third-order valence-corrected chi connectivity index (χ3v) is 4.81. The van der Waals surface area contributed by atoms with Gasteiger partial charge in [0.15, 0.2) is 5.96 Å². The molecule has 1 aromatic rings. The SMILES string of the molecule is NCC(=O)NC(CC(N)=O)C(=O)NC(Cc1ccc(O)cc1)C(=O)NC(CCCN=C(N)N)C(=O)O. The molecule has 0 heterocycles. The van der Waals surface area contributed by atoms with Gasteiger partial charge >= 0.3 is 5.97 Å². The molecule has 0 spiro atoms. The second kappa shape index (κ2) is 14.8. The average Bonchev–Trinajstić information content (AvgIpc) is 2.80. The molecule has 0 saturated heterocycles. The van der Waals surface area contributed by atoms with Crippen molar-refractivity contribution in [1.82, 2.24) is 16.0 Å². The van der Waals surface area contributed by atoms with E-state index < -0.39 is 60.7 Å². The Labute approximate surface area is 206 Å². The van der Waals surface area contributed by atoms with Crippen molar-refractivity contribution in [3.05, 3.63) is 29.8 Å². The molecule has 13 N–H and O–H groups in total. The van der Waals surface area contributed by atoms with Crippen molar-refractivity contribution in [2.24, 2.45) is 27.9 Å². The molecule has 0 aliphatic rings. The molecule has 0 saturated carbocycles. The predicted octanol–water partition coefficient (Wildman–Crippen LogP) is -3.64. The number of primary amides is 1. The van der Waals surface area contributed by atoms with Crippen molar-refractivity contribution in [3.8, 4) is 5.75 Å². The Hall–Kier alpha value is -4.40. The highest BCUT2D eigenvalue weighted by Gasteiger charge is 2.30. The fraction of sp³-hybridized carbons (Fsp3) is 0.429. The summed E-state index contributed by atoms with van der Waals surface area (Å²) >= 11 is 0. The Balaban J connectivity index is 3.09. The van der Waals surface area contributed by atoms with E-state index in [0.717, 1.165) is 0 Å². The molecule has 3 atom stereocenters. The summed E-state index contributed by atoms with van der Waals surface area (Å²) in [5.74, 6) is -4.87. The second-order valence-electron chi connectivity index (χ2n) is 7.77. The fourth-order valence-electron chi connectivity index (χ4n) is 3.05. The van der Waals surface area contributed by atoms with Crippen molar-refractivity contribution in [2.45, 2.75) is 43.8 Å². The van der Waals surface area contributed by atoms with Crippen LogP contribution in [0.15, 0.2) is 29.3 Å². The van der Waals surface area contributed by atoms with E-state index in [0.29, 0.717) is 5.56 Å². The summed E-state index contributed by atoms with van der Waals surface area (Å²) in [6.07, 6.45) is -0.426. The topological polar surface area (TPSA) is 278 Å². The standard InChI is InChI=1S/C21H32N8O7/c22-10-17(32)27-15(9-16(23)31)19(34)29-14(8-11-3-5-12(30)6-4-11)18(33)28-13(20(35)36)2-1-7-26-21(24)25/h3-6,13-15,30H,1-2,7-10,22H2,(H2,23,31)(H,27,32)(H,28,33)(H,29,34)(H,35,36)(H4,24,25,26). The number of carboxylic acid groups (broad SMARTS) is 1. The Kier molecular flexibility index (Phi) is 12.2. The number of phenols is 1. The van der Waals surface area contributed by atoms with E-state index in [1.54, 1.807) is 0 Å². The molecule has 198 valence electrons. The highest BCUT2D eigenvalue weighted by molar-refractivity contribution is 5.95. The van der Waals surface area contributed by atoms with Gasteiger partial charge in [0.2, 0.25) is 23.6 Å². The Morgan fingerprint density at radius 2 is 1.47 bits per heavy atom. The maximum atomic E-state index is 13.0. The lowest BCUT2D eigenvalue weighted by molar-refractivity contribution is -0.142. The first-order chi connectivity index (χ1) is 16.9. The van der Waals surface area contributed by atoms with Gasteiger partial charge in [0.05, 0.1) is 13.0 Å². The van der Waals surface area contributed by atoms with Crippen molar-refractivity contribution in [1.29, 1.82) is 0 Å². The van der Waals surface area contributed by atoms with Crippen molar-refractivity contribution < 1.29 is 34.2 Å². The summed E-state index contributed by atoms with van der Waals surface area (Å²) in [6, 6.07) is 1.70. The summed E-state index contributed by atoms with van der Waals surface area (Å²) in [5, 5.41) is 26.0. The minimum absolute atomic E-state index is 0.00537. The fourth-order valence-corrected chi connectivity index (χ4v) is 3.05. The van der Waals surface area contributed by atoms with E-state index in [1.807, 2.05) is 0 Å². The number of aromatic hydroxyl groups is 1. The molecule has 3 unspecified atom stereocenters. The van der Waals surface area contributed by atoms with E-state index >= 15 is 0 Å². The summed E-state index contributed by atoms with van der Waals surface area (Å²) in [6.45, 7) is -0.314. The van der Waals surface area contributed by atoms with Gasteiger partial charge in [-0.15, -0.1) is 0 Å². The van der Waals surface area contributed by atoms with Crippen LogP contribution in [-0.4, -0.2) is 77.0 Å². The molecule has 15 nitrogen and oxygen atoms in total. The van der Waals surface area contributed by atoms with Crippen LogP contribution in [0.4, 0.5) is 0 Å². The number of hydrogen-bond donors (Lipinski definition) is 9. The smallest absolute Gasteiger partial charge is 0.326 e. The minimum atomic E-state index is -1.41. The lowest BCUT2D eigenvalue weighted by Gasteiger charge is -2.24. The van der Waals surface area contributed by atoms with E-state index in [1.165, 1.54) is 24.3 Å². The van der Waals surface area contributed by atoms with Crippen molar-refractivity contribution >= 4 is 35.6 Å². The third kappa shape index (κ3) is 11.1. The second-order valence-corrected chi connectivity index (χ2v) is 7.77. The van der Waals surface area contributed by atoms with Crippen LogP contribution in [0.3, 0.4) is 0 Å². The maximum Gasteiger partial charge on any atom is 0.326 e. The first-order valence-electron chi connectivity index (χ1n) is 10.9. The summed E-state index contributed by atoms with van der Waals surface area (Å²) in [5.41, 5.74) is 21.4. The molecule has 0 aliphatic carbocycles. The molecule has 0 aliphatic heterocycles. The van der Waals surface area contributed by atoms with Crippen LogP contribution < -0.4 is 38.9 Å². The van der Waals surface area contributed by atoms with Gasteiger partial charge in [0.1, 0.15) is 23.9 Å². The number of carboxylic acids is 1. The van der Waals surface area contributed by atoms with Gasteiger partial charge in [-0.2, -0.15) is 0 Å². The average molecular weight is 509 g/mol. The minimum Gasteiger partial charge on any atom is -0.508 e. The number of carbonyl (C=O) groups excluding carboxylic acids is 4. The van der Waals surface area contributed by atoms with Gasteiger partial charge in [-0.05, 0) is 30.5 Å². The van der Waals surface area contributed by atoms with E-state index in [2.05, 4.69) is 20.9 Å². The van der Waals surface area contributed by atoms with Crippen molar-refractivity contribution in [2.75, 3.05) is 13.1 Å². The molecular formula is C21H32N8O7. The van der Waals surface area contributed by atoms with E-state index in [4.69, 9.17) is 22.9 Å². The summed E-state index contributed by atoms with van der Waals surface area (Å²) in [4.78, 5) is 64.3. The van der Waals surface area contributed by atoms with Gasteiger partial charge in [0, 0.05) is 13.0 Å². The zero-order valence-corrected chi connectivity index (χ0v) is 19.5. The summed E-state index contributed by atoms with van der Waals surface area (Å²) in [7, 11) is 0. The third-order valence-electron chi connectivity index (χ3n) is 4.81. The Morgan fingerprint density at radius 3 is 2.00 bits per heavy atom. The molecule has 0 aromatic heterocycles. The first-order valence-corrected chi connectivity index (χ1v) is 10.9. The number of nitrogens with one attached hydrogen (secondary N) is 3. The lowest BCUT2D eigenvalue weighted by Crippen LogP contribution is -2.57. The molecule has 0 bridgehead atoms. The number of phenolic OH excluding ortho intramolecular Hbond substituents is 1. The number of rotatable bonds is 15. The summed E-state index contributed by atoms with van der Waals surface area (Å²) < 4.78 is 0. The number of nitrogens with two attached hydrogens (primary N) is 4. The zero-order chi connectivity index (χ0) is 27.3. The van der Waals surface area contributed by atoms with Gasteiger partial charge in [-0.3, -0.25) is 24.2 Å². The van der Waals surface area contributed by atoms with Crippen LogP contribution in [0.2, 0.25) is 0 Å². The van der Waals surface area contributed by atoms with Gasteiger partial charge in [0.25, 0.3) is 0 Å². The van der Waals surface area contributed by atoms with Gasteiger partial charge in [-0.1, -0.05) is 12.1 Å². The molecule has 0 fully saturated rings. The molecule has 4 amide bonds. The molecule has 15 heteroatoms. The highest BCUT2D eigenvalue weighted by Crippen LogP contribution is 2.12. The number of hydrogen-bond acceptors (Lipinski definition) is 8. The van der Waals surface area contributed by atoms with Crippen LogP contribution in [0, 0.1) is 0 Å². The van der Waals surface area contributed by atoms with Crippen LogP contribution >= 0.6 is 0 Å². The Bertz CT molecular complexity index is 964.